The van der Waals surface area contributed by atoms with E-state index < -0.39 is 17.8 Å². The molecule has 6 heteroatoms. The van der Waals surface area contributed by atoms with Crippen LogP contribution in [0, 0.1) is 0 Å². The van der Waals surface area contributed by atoms with Gasteiger partial charge in [0.2, 0.25) is 0 Å². The molecule has 166 valence electrons. The van der Waals surface area contributed by atoms with Crippen LogP contribution in [0.2, 0.25) is 5.02 Å². The summed E-state index contributed by atoms with van der Waals surface area (Å²) in [6, 6.07) is 27.1. The number of fused-ring (bicyclic) bond motifs is 1. The van der Waals surface area contributed by atoms with Crippen molar-refractivity contribution in [2.45, 2.75) is 6.42 Å². The Labute approximate surface area is 201 Å². The summed E-state index contributed by atoms with van der Waals surface area (Å²) in [6.45, 7) is 0. The molecule has 1 aliphatic rings. The Kier molecular flexibility index (Phi) is 5.70. The van der Waals surface area contributed by atoms with E-state index in [4.69, 9.17) is 11.6 Å². The first kappa shape index (κ1) is 21.6. The molecule has 1 heterocycles. The summed E-state index contributed by atoms with van der Waals surface area (Å²) >= 11 is 6.41. The molecular weight excluding hydrogens is 448 g/mol. The second-order valence-corrected chi connectivity index (χ2v) is 8.33. The van der Waals surface area contributed by atoms with Crippen molar-refractivity contribution in [2.24, 2.45) is 0 Å². The van der Waals surface area contributed by atoms with Crippen LogP contribution < -0.4 is 10.2 Å². The number of benzene rings is 4. The molecule has 0 atom stereocenters. The molecule has 1 aliphatic heterocycles. The number of halogens is 1. The molecule has 0 aliphatic carbocycles. The highest BCUT2D eigenvalue weighted by atomic mass is 35.5. The molecule has 4 aromatic rings. The lowest BCUT2D eigenvalue weighted by Crippen LogP contribution is -2.54. The highest BCUT2D eigenvalue weighted by molar-refractivity contribution is 6.39. The molecule has 0 spiro atoms. The monoisotopic (exact) mass is 466 g/mol. The molecule has 0 radical (unpaired) electrons. The quantitative estimate of drug-likeness (QED) is 0.307. The van der Waals surface area contributed by atoms with Crippen LogP contribution in [0.25, 0.3) is 16.8 Å². The number of carbonyl (C=O) groups is 3. The summed E-state index contributed by atoms with van der Waals surface area (Å²) in [5.74, 6) is -1.39. The zero-order valence-electron chi connectivity index (χ0n) is 18.0. The van der Waals surface area contributed by atoms with Crippen LogP contribution in [0.4, 0.5) is 10.5 Å². The predicted octanol–water partition coefficient (Wildman–Crippen LogP) is 5.75. The van der Waals surface area contributed by atoms with Gasteiger partial charge in [0, 0.05) is 5.02 Å². The highest BCUT2D eigenvalue weighted by Crippen LogP contribution is 2.30. The van der Waals surface area contributed by atoms with Crippen molar-refractivity contribution < 1.29 is 14.4 Å². The van der Waals surface area contributed by atoms with Crippen molar-refractivity contribution in [3.05, 3.63) is 118 Å². The Bertz CT molecular complexity index is 1480. The molecule has 1 fully saturated rings. The van der Waals surface area contributed by atoms with Gasteiger partial charge in [0.15, 0.2) is 0 Å². The Morgan fingerprint density at radius 1 is 0.765 bits per heavy atom. The molecular formula is C28H19ClN2O3. The molecule has 5 nitrogen and oxygen atoms in total. The van der Waals surface area contributed by atoms with Gasteiger partial charge in [-0.1, -0.05) is 84.4 Å². The first-order valence-electron chi connectivity index (χ1n) is 10.7. The number of hydrogen-bond acceptors (Lipinski definition) is 3. The summed E-state index contributed by atoms with van der Waals surface area (Å²) in [5, 5.41) is 4.79. The van der Waals surface area contributed by atoms with Crippen LogP contribution in [0.3, 0.4) is 0 Å². The lowest BCUT2D eigenvalue weighted by atomic mass is 9.92. The number of hydrogen-bond donors (Lipinski definition) is 1. The van der Waals surface area contributed by atoms with Crippen LogP contribution in [0.1, 0.15) is 16.7 Å². The predicted molar refractivity (Wildman–Crippen MR) is 134 cm³/mol. The van der Waals surface area contributed by atoms with Gasteiger partial charge < -0.3 is 0 Å². The second kappa shape index (κ2) is 8.96. The van der Waals surface area contributed by atoms with Gasteiger partial charge in [0.05, 0.1) is 5.69 Å². The van der Waals surface area contributed by atoms with Gasteiger partial charge in [0.25, 0.3) is 11.8 Å². The molecule has 0 aromatic heterocycles. The minimum atomic E-state index is -0.771. The van der Waals surface area contributed by atoms with Crippen LogP contribution in [-0.2, 0) is 16.0 Å². The number of imide groups is 2. The standard InChI is InChI=1S/C28H19ClN2O3/c29-25-13-7-5-9-20(25)16-19-15-14-18-8-4-6-12-22(18)23(19)17-24-26(32)30-28(34)31(27(24)33)21-10-2-1-3-11-21/h1-15,17H,16H2,(H,30,32,34)/b24-17+. The van der Waals surface area contributed by atoms with Gasteiger partial charge in [0.1, 0.15) is 5.57 Å². The van der Waals surface area contributed by atoms with E-state index in [1.54, 1.807) is 36.4 Å². The van der Waals surface area contributed by atoms with Crippen molar-refractivity contribution in [1.82, 2.24) is 5.32 Å². The van der Waals surface area contributed by atoms with Gasteiger partial charge in [-0.05, 0) is 58.2 Å². The van der Waals surface area contributed by atoms with E-state index in [9.17, 15) is 14.4 Å². The number of carbonyl (C=O) groups excluding carboxylic acids is 3. The Morgan fingerprint density at radius 2 is 1.47 bits per heavy atom. The first-order valence-corrected chi connectivity index (χ1v) is 11.1. The molecule has 0 saturated carbocycles. The average molecular weight is 467 g/mol. The molecule has 0 unspecified atom stereocenters. The molecule has 5 rings (SSSR count). The van der Waals surface area contributed by atoms with Gasteiger partial charge in [-0.25, -0.2) is 9.69 Å². The molecule has 34 heavy (non-hydrogen) atoms. The van der Waals surface area contributed by atoms with E-state index >= 15 is 0 Å². The Morgan fingerprint density at radius 3 is 2.26 bits per heavy atom. The third-order valence-electron chi connectivity index (χ3n) is 5.80. The SMILES string of the molecule is O=C1NC(=O)N(c2ccccc2)C(=O)/C1=C/c1c(Cc2ccccc2Cl)ccc2ccccc12. The topological polar surface area (TPSA) is 66.5 Å². The van der Waals surface area contributed by atoms with E-state index in [0.29, 0.717) is 17.1 Å². The Balaban J connectivity index is 1.66. The van der Waals surface area contributed by atoms with Crippen molar-refractivity contribution in [3.63, 3.8) is 0 Å². The number of nitrogens with zero attached hydrogens (tertiary/aromatic N) is 1. The average Bonchev–Trinajstić information content (AvgIpc) is 2.84. The maximum atomic E-state index is 13.4. The highest BCUT2D eigenvalue weighted by Gasteiger charge is 2.37. The molecule has 4 aromatic carbocycles. The van der Waals surface area contributed by atoms with Crippen LogP contribution in [-0.4, -0.2) is 17.8 Å². The maximum Gasteiger partial charge on any atom is 0.335 e. The number of urea groups is 1. The lowest BCUT2D eigenvalue weighted by molar-refractivity contribution is -0.122. The van der Waals surface area contributed by atoms with Crippen LogP contribution in [0.5, 0.6) is 0 Å². The van der Waals surface area contributed by atoms with E-state index in [1.165, 1.54) is 0 Å². The number of barbiturate groups is 1. The largest absolute Gasteiger partial charge is 0.335 e. The Hall–Kier alpha value is -4.22. The number of amides is 4. The fourth-order valence-corrected chi connectivity index (χ4v) is 4.33. The van der Waals surface area contributed by atoms with Crippen molar-refractivity contribution in [3.8, 4) is 0 Å². The lowest BCUT2D eigenvalue weighted by Gasteiger charge is -2.26. The van der Waals surface area contributed by atoms with Crippen molar-refractivity contribution >= 4 is 52.0 Å². The number of para-hydroxylation sites is 1. The number of nitrogens with one attached hydrogen (secondary N) is 1. The zero-order valence-corrected chi connectivity index (χ0v) is 18.8. The fraction of sp³-hybridized carbons (Fsp3) is 0.0357. The van der Waals surface area contributed by atoms with Crippen LogP contribution in [0.15, 0.2) is 96.6 Å². The van der Waals surface area contributed by atoms with Crippen molar-refractivity contribution in [2.75, 3.05) is 4.90 Å². The van der Waals surface area contributed by atoms with E-state index in [0.717, 1.165) is 32.4 Å². The fourth-order valence-electron chi connectivity index (χ4n) is 4.13. The molecule has 0 bridgehead atoms. The summed E-state index contributed by atoms with van der Waals surface area (Å²) in [6.07, 6.45) is 2.09. The molecule has 4 amide bonds. The number of rotatable bonds is 4. The summed E-state index contributed by atoms with van der Waals surface area (Å²) < 4.78 is 0. The minimum Gasteiger partial charge on any atom is -0.273 e. The van der Waals surface area contributed by atoms with Gasteiger partial charge in [-0.2, -0.15) is 0 Å². The second-order valence-electron chi connectivity index (χ2n) is 7.92. The third kappa shape index (κ3) is 3.98. The van der Waals surface area contributed by atoms with Gasteiger partial charge >= 0.3 is 6.03 Å². The van der Waals surface area contributed by atoms with Crippen molar-refractivity contribution in [1.29, 1.82) is 0 Å². The summed E-state index contributed by atoms with van der Waals surface area (Å²) in [4.78, 5) is 39.6. The minimum absolute atomic E-state index is 0.111. The smallest absolute Gasteiger partial charge is 0.273 e. The van der Waals surface area contributed by atoms with Crippen LogP contribution >= 0.6 is 11.6 Å². The molecule has 1 saturated heterocycles. The molecule has 1 N–H and O–H groups in total. The maximum absolute atomic E-state index is 13.4. The first-order chi connectivity index (χ1) is 16.5. The van der Waals surface area contributed by atoms with E-state index in [2.05, 4.69) is 5.32 Å². The summed E-state index contributed by atoms with van der Waals surface area (Å²) in [7, 11) is 0. The third-order valence-corrected chi connectivity index (χ3v) is 6.17. The number of anilines is 1. The van der Waals surface area contributed by atoms with Gasteiger partial charge in [-0.15, -0.1) is 0 Å². The van der Waals surface area contributed by atoms with Gasteiger partial charge in [-0.3, -0.25) is 14.9 Å². The summed E-state index contributed by atoms with van der Waals surface area (Å²) in [5.41, 5.74) is 2.85. The normalized spacial score (nSPS) is 15.1. The van der Waals surface area contributed by atoms with E-state index in [1.807, 2.05) is 60.7 Å². The zero-order chi connectivity index (χ0) is 23.7. The van der Waals surface area contributed by atoms with E-state index in [-0.39, 0.29) is 5.57 Å².